The second-order valence-electron chi connectivity index (χ2n) is 4.99. The van der Waals surface area contributed by atoms with Crippen LogP contribution < -0.4 is 4.52 Å². The topological polar surface area (TPSA) is 44.8 Å². The molecule has 126 valence electrons. The molecule has 0 unspecified atom stereocenters. The zero-order chi connectivity index (χ0) is 17.1. The molecule has 0 amide bonds. The molecule has 0 bridgehead atoms. The second kappa shape index (κ2) is 7.21. The summed E-state index contributed by atoms with van der Waals surface area (Å²) >= 11 is 5.76. The minimum absolute atomic E-state index is 0.209. The van der Waals surface area contributed by atoms with E-state index in [4.69, 9.17) is 25.2 Å². The zero-order valence-electron chi connectivity index (χ0n) is 12.5. The molecule has 0 aliphatic carbocycles. The van der Waals surface area contributed by atoms with E-state index in [9.17, 15) is 17.7 Å². The van der Waals surface area contributed by atoms with Gasteiger partial charge in [0.15, 0.2) is 0 Å². The van der Waals surface area contributed by atoms with Crippen LogP contribution in [-0.4, -0.2) is 12.2 Å². The lowest BCUT2D eigenvalue weighted by atomic mass is 10.2. The van der Waals surface area contributed by atoms with Crippen molar-refractivity contribution in [3.05, 3.63) is 28.8 Å². The summed E-state index contributed by atoms with van der Waals surface area (Å²) in [5.41, 5.74) is -0.936. The van der Waals surface area contributed by atoms with Crippen molar-refractivity contribution in [2.75, 3.05) is 0 Å². The number of halogens is 4. The number of benzene rings is 1. The number of phosphoric ester groups is 1. The molecule has 0 aliphatic rings. The Balaban J connectivity index is 3.06. The highest BCUT2D eigenvalue weighted by molar-refractivity contribution is 7.49. The monoisotopic (exact) mass is 360 g/mol. The van der Waals surface area contributed by atoms with Gasteiger partial charge >= 0.3 is 14.0 Å². The molecular weight excluding hydrogens is 344 g/mol. The van der Waals surface area contributed by atoms with Crippen LogP contribution in [0.3, 0.4) is 0 Å². The van der Waals surface area contributed by atoms with Crippen molar-refractivity contribution in [2.24, 2.45) is 0 Å². The molecule has 4 nitrogen and oxygen atoms in total. The van der Waals surface area contributed by atoms with Gasteiger partial charge in [-0.15, -0.1) is 0 Å². The summed E-state index contributed by atoms with van der Waals surface area (Å²) in [4.78, 5) is 0. The fourth-order valence-electron chi connectivity index (χ4n) is 1.46. The summed E-state index contributed by atoms with van der Waals surface area (Å²) in [5, 5.41) is -0.338. The highest BCUT2D eigenvalue weighted by Gasteiger charge is 2.34. The van der Waals surface area contributed by atoms with Crippen LogP contribution in [0.2, 0.25) is 5.02 Å². The van der Waals surface area contributed by atoms with Crippen LogP contribution in [0.1, 0.15) is 33.3 Å². The Hall–Kier alpha value is -0.750. The molecule has 0 aromatic heterocycles. The van der Waals surface area contributed by atoms with E-state index in [1.807, 2.05) is 0 Å². The standard InChI is InChI=1S/C13H17ClF3O4P/c1-8(2)19-22(18,20-9(3)4)21-12-6-5-10(7-11(12)14)13(15,16)17/h5-9H,1-4H3. The average Bonchev–Trinajstić information content (AvgIpc) is 2.27. The van der Waals surface area contributed by atoms with E-state index in [1.54, 1.807) is 27.7 Å². The minimum Gasteiger partial charge on any atom is -0.402 e. The van der Waals surface area contributed by atoms with Crippen LogP contribution in [0, 0.1) is 0 Å². The van der Waals surface area contributed by atoms with E-state index in [-0.39, 0.29) is 10.8 Å². The van der Waals surface area contributed by atoms with Crippen LogP contribution >= 0.6 is 19.4 Å². The maximum atomic E-state index is 12.6. The molecule has 0 saturated carbocycles. The summed E-state index contributed by atoms with van der Waals surface area (Å²) in [5.74, 6) is -0.209. The molecule has 0 N–H and O–H groups in total. The minimum atomic E-state index is -4.53. The van der Waals surface area contributed by atoms with Gasteiger partial charge in [0.05, 0.1) is 22.8 Å². The lowest BCUT2D eigenvalue weighted by molar-refractivity contribution is -0.137. The molecule has 0 saturated heterocycles. The lowest BCUT2D eigenvalue weighted by Crippen LogP contribution is -2.12. The van der Waals surface area contributed by atoms with Gasteiger partial charge in [-0.2, -0.15) is 13.2 Å². The maximum Gasteiger partial charge on any atom is 0.530 e. The van der Waals surface area contributed by atoms with Crippen LogP contribution in [0.5, 0.6) is 5.75 Å². The smallest absolute Gasteiger partial charge is 0.402 e. The van der Waals surface area contributed by atoms with Crippen molar-refractivity contribution in [3.63, 3.8) is 0 Å². The van der Waals surface area contributed by atoms with Gasteiger partial charge in [-0.3, -0.25) is 9.05 Å². The number of phosphoric acid groups is 1. The molecular formula is C13H17ClF3O4P. The SMILES string of the molecule is CC(C)OP(=O)(Oc1ccc(C(F)(F)F)cc1Cl)OC(C)C. The number of alkyl halides is 3. The molecule has 9 heteroatoms. The number of hydrogen-bond acceptors (Lipinski definition) is 4. The van der Waals surface area contributed by atoms with Gasteiger partial charge in [0.1, 0.15) is 5.75 Å². The molecule has 0 radical (unpaired) electrons. The second-order valence-corrected chi connectivity index (χ2v) is 6.90. The fourth-order valence-corrected chi connectivity index (χ4v) is 3.30. The first-order chi connectivity index (χ1) is 9.93. The Labute approximate surface area is 132 Å². The average molecular weight is 361 g/mol. The number of hydrogen-bond donors (Lipinski definition) is 0. The normalized spacial score (nSPS) is 13.0. The van der Waals surface area contributed by atoms with Gasteiger partial charge < -0.3 is 4.52 Å². The van der Waals surface area contributed by atoms with E-state index >= 15 is 0 Å². The molecule has 0 spiro atoms. The Morgan fingerprint density at radius 1 is 1.09 bits per heavy atom. The van der Waals surface area contributed by atoms with E-state index < -0.39 is 31.8 Å². The third-order valence-electron chi connectivity index (χ3n) is 2.15. The largest absolute Gasteiger partial charge is 0.530 e. The predicted octanol–water partition coefficient (Wildman–Crippen LogP) is 5.70. The molecule has 1 aromatic carbocycles. The summed E-state index contributed by atoms with van der Waals surface area (Å²) in [7, 11) is -4.00. The third-order valence-corrected chi connectivity index (χ3v) is 4.22. The summed E-state index contributed by atoms with van der Waals surface area (Å²) < 4.78 is 65.6. The molecule has 1 rings (SSSR count). The van der Waals surface area contributed by atoms with E-state index in [1.165, 1.54) is 0 Å². The van der Waals surface area contributed by atoms with Crippen LogP contribution in [0.4, 0.5) is 13.2 Å². The highest BCUT2D eigenvalue weighted by atomic mass is 35.5. The third kappa shape index (κ3) is 5.80. The van der Waals surface area contributed by atoms with Gasteiger partial charge in [-0.05, 0) is 45.9 Å². The van der Waals surface area contributed by atoms with Crippen molar-refractivity contribution < 1.29 is 31.3 Å². The highest BCUT2D eigenvalue weighted by Crippen LogP contribution is 2.53. The van der Waals surface area contributed by atoms with Crippen molar-refractivity contribution >= 4 is 19.4 Å². The summed E-state index contributed by atoms with van der Waals surface area (Å²) in [6.45, 7) is 6.48. The predicted molar refractivity (Wildman–Crippen MR) is 77.1 cm³/mol. The van der Waals surface area contributed by atoms with E-state index in [0.29, 0.717) is 6.07 Å². The van der Waals surface area contributed by atoms with Crippen molar-refractivity contribution in [1.82, 2.24) is 0 Å². The van der Waals surface area contributed by atoms with Gasteiger partial charge in [-0.1, -0.05) is 11.6 Å². The van der Waals surface area contributed by atoms with Gasteiger partial charge in [0, 0.05) is 0 Å². The van der Waals surface area contributed by atoms with Crippen molar-refractivity contribution in [2.45, 2.75) is 46.1 Å². The Morgan fingerprint density at radius 2 is 1.59 bits per heavy atom. The Kier molecular flexibility index (Phi) is 6.33. The molecule has 0 heterocycles. The van der Waals surface area contributed by atoms with Gasteiger partial charge in [-0.25, -0.2) is 4.57 Å². The molecule has 0 fully saturated rings. The molecule has 0 atom stereocenters. The number of rotatable bonds is 6. The van der Waals surface area contributed by atoms with Gasteiger partial charge in [0.2, 0.25) is 0 Å². The first-order valence-electron chi connectivity index (χ1n) is 6.46. The Morgan fingerprint density at radius 3 is 1.95 bits per heavy atom. The Bertz CT molecular complexity index is 547. The maximum absolute atomic E-state index is 12.6. The lowest BCUT2D eigenvalue weighted by Gasteiger charge is -2.22. The zero-order valence-corrected chi connectivity index (χ0v) is 14.1. The summed E-state index contributed by atoms with van der Waals surface area (Å²) in [6, 6.07) is 2.44. The van der Waals surface area contributed by atoms with Gasteiger partial charge in [0.25, 0.3) is 0 Å². The fraction of sp³-hybridized carbons (Fsp3) is 0.538. The molecule has 0 aliphatic heterocycles. The quantitative estimate of drug-likeness (QED) is 0.611. The molecule has 22 heavy (non-hydrogen) atoms. The van der Waals surface area contributed by atoms with E-state index in [0.717, 1.165) is 12.1 Å². The van der Waals surface area contributed by atoms with Crippen molar-refractivity contribution in [3.8, 4) is 5.75 Å². The molecule has 1 aromatic rings. The van der Waals surface area contributed by atoms with Crippen LogP contribution in [0.25, 0.3) is 0 Å². The van der Waals surface area contributed by atoms with Crippen LogP contribution in [-0.2, 0) is 19.8 Å². The van der Waals surface area contributed by atoms with Crippen molar-refractivity contribution in [1.29, 1.82) is 0 Å². The first-order valence-corrected chi connectivity index (χ1v) is 8.30. The first kappa shape index (κ1) is 19.3. The summed E-state index contributed by atoms with van der Waals surface area (Å²) in [6.07, 6.45) is -5.48. The van der Waals surface area contributed by atoms with Crippen LogP contribution in [0.15, 0.2) is 18.2 Å². The van der Waals surface area contributed by atoms with E-state index in [2.05, 4.69) is 0 Å².